The zero-order valence-electron chi connectivity index (χ0n) is 11.0. The minimum Gasteiger partial charge on any atom is -0.369 e. The molecule has 1 aliphatic heterocycles. The van der Waals surface area contributed by atoms with Gasteiger partial charge in [0.15, 0.2) is 11.9 Å². The third-order valence-corrected chi connectivity index (χ3v) is 3.63. The van der Waals surface area contributed by atoms with Crippen LogP contribution in [0.1, 0.15) is 22.1 Å². The molecule has 1 unspecified atom stereocenters. The van der Waals surface area contributed by atoms with E-state index >= 15 is 0 Å². The minimum absolute atomic E-state index is 0.249. The Morgan fingerprint density at radius 2 is 1.90 bits per heavy atom. The Balaban J connectivity index is 1.84. The van der Waals surface area contributed by atoms with E-state index in [0.29, 0.717) is 22.6 Å². The molecule has 1 amide bonds. The SMILES string of the molecule is O=C1c2ccccc2C(O)N1c1ccc2cccnc2n1. The van der Waals surface area contributed by atoms with Gasteiger partial charge in [-0.2, -0.15) is 0 Å². The Morgan fingerprint density at radius 3 is 2.76 bits per heavy atom. The standard InChI is InChI=1S/C16H11N3O2/c20-15-11-5-1-2-6-12(11)16(21)19(15)13-8-7-10-4-3-9-17-14(10)18-13/h1-9,15,20H. The number of rotatable bonds is 1. The van der Waals surface area contributed by atoms with Crippen LogP contribution in [0.4, 0.5) is 5.82 Å². The molecule has 0 bridgehead atoms. The molecule has 1 atom stereocenters. The van der Waals surface area contributed by atoms with E-state index in [2.05, 4.69) is 9.97 Å². The van der Waals surface area contributed by atoms with Crippen LogP contribution in [-0.2, 0) is 0 Å². The van der Waals surface area contributed by atoms with Gasteiger partial charge in [0.25, 0.3) is 5.91 Å². The first kappa shape index (κ1) is 12.0. The Hall–Kier alpha value is -2.79. The second kappa shape index (κ2) is 4.36. The van der Waals surface area contributed by atoms with Crippen molar-refractivity contribution in [3.63, 3.8) is 0 Å². The molecule has 3 heterocycles. The van der Waals surface area contributed by atoms with Gasteiger partial charge in [0.2, 0.25) is 0 Å². The predicted molar refractivity (Wildman–Crippen MR) is 77.7 cm³/mol. The van der Waals surface area contributed by atoms with Crippen LogP contribution in [0.2, 0.25) is 0 Å². The summed E-state index contributed by atoms with van der Waals surface area (Å²) in [7, 11) is 0. The van der Waals surface area contributed by atoms with Crippen molar-refractivity contribution in [2.24, 2.45) is 0 Å². The van der Waals surface area contributed by atoms with Crippen LogP contribution in [0.25, 0.3) is 11.0 Å². The number of hydrogen-bond acceptors (Lipinski definition) is 4. The van der Waals surface area contributed by atoms with Gasteiger partial charge in [-0.25, -0.2) is 9.97 Å². The fourth-order valence-electron chi connectivity index (χ4n) is 2.60. The van der Waals surface area contributed by atoms with Crippen molar-refractivity contribution in [2.75, 3.05) is 4.90 Å². The molecule has 4 rings (SSSR count). The molecule has 21 heavy (non-hydrogen) atoms. The summed E-state index contributed by atoms with van der Waals surface area (Å²) >= 11 is 0. The van der Waals surface area contributed by atoms with Gasteiger partial charge >= 0.3 is 0 Å². The fourth-order valence-corrected chi connectivity index (χ4v) is 2.60. The van der Waals surface area contributed by atoms with E-state index in [1.165, 1.54) is 4.90 Å². The second-order valence-corrected chi connectivity index (χ2v) is 4.86. The molecule has 1 aliphatic rings. The van der Waals surface area contributed by atoms with E-state index < -0.39 is 6.23 Å². The molecular weight excluding hydrogens is 266 g/mol. The number of aliphatic hydroxyl groups excluding tert-OH is 1. The summed E-state index contributed by atoms with van der Waals surface area (Å²) in [4.78, 5) is 22.3. The summed E-state index contributed by atoms with van der Waals surface area (Å²) < 4.78 is 0. The first-order chi connectivity index (χ1) is 10.3. The summed E-state index contributed by atoms with van der Waals surface area (Å²) in [6, 6.07) is 14.3. The van der Waals surface area contributed by atoms with Gasteiger partial charge in [0, 0.05) is 22.7 Å². The fraction of sp³-hybridized carbons (Fsp3) is 0.0625. The van der Waals surface area contributed by atoms with Crippen molar-refractivity contribution < 1.29 is 9.90 Å². The third-order valence-electron chi connectivity index (χ3n) is 3.63. The summed E-state index contributed by atoms with van der Waals surface area (Å²) in [6.07, 6.45) is 0.637. The van der Waals surface area contributed by atoms with E-state index in [-0.39, 0.29) is 5.91 Å². The highest BCUT2D eigenvalue weighted by atomic mass is 16.3. The van der Waals surface area contributed by atoms with E-state index in [1.807, 2.05) is 18.2 Å². The lowest BCUT2D eigenvalue weighted by molar-refractivity contribution is 0.0933. The van der Waals surface area contributed by atoms with Gasteiger partial charge in [-0.1, -0.05) is 18.2 Å². The second-order valence-electron chi connectivity index (χ2n) is 4.86. The van der Waals surface area contributed by atoms with Crippen LogP contribution >= 0.6 is 0 Å². The molecule has 102 valence electrons. The van der Waals surface area contributed by atoms with Crippen molar-refractivity contribution in [3.05, 3.63) is 65.9 Å². The molecule has 2 aromatic heterocycles. The van der Waals surface area contributed by atoms with Gasteiger partial charge < -0.3 is 5.11 Å². The van der Waals surface area contributed by atoms with Gasteiger partial charge in [-0.15, -0.1) is 0 Å². The number of benzene rings is 1. The molecule has 5 heteroatoms. The lowest BCUT2D eigenvalue weighted by atomic mass is 10.1. The van der Waals surface area contributed by atoms with Crippen LogP contribution in [0.5, 0.6) is 0 Å². The number of fused-ring (bicyclic) bond motifs is 2. The number of hydrogen-bond donors (Lipinski definition) is 1. The van der Waals surface area contributed by atoms with Crippen molar-refractivity contribution in [1.82, 2.24) is 9.97 Å². The summed E-state index contributed by atoms with van der Waals surface area (Å²) in [5.41, 5.74) is 1.66. The zero-order valence-corrected chi connectivity index (χ0v) is 11.0. The van der Waals surface area contributed by atoms with Crippen LogP contribution in [-0.4, -0.2) is 21.0 Å². The van der Waals surface area contributed by atoms with E-state index in [9.17, 15) is 9.90 Å². The van der Waals surface area contributed by atoms with E-state index in [1.54, 1.807) is 36.5 Å². The average Bonchev–Trinajstić information content (AvgIpc) is 2.79. The summed E-state index contributed by atoms with van der Waals surface area (Å²) in [6.45, 7) is 0. The van der Waals surface area contributed by atoms with Crippen molar-refractivity contribution in [1.29, 1.82) is 0 Å². The number of aromatic nitrogens is 2. The Labute approximate surface area is 120 Å². The molecule has 0 fully saturated rings. The Morgan fingerprint density at radius 1 is 1.05 bits per heavy atom. The molecule has 0 saturated heterocycles. The highest BCUT2D eigenvalue weighted by Crippen LogP contribution is 2.35. The lowest BCUT2D eigenvalue weighted by Gasteiger charge is -2.19. The van der Waals surface area contributed by atoms with E-state index in [0.717, 1.165) is 5.39 Å². The largest absolute Gasteiger partial charge is 0.369 e. The number of aliphatic hydroxyl groups is 1. The lowest BCUT2D eigenvalue weighted by Crippen LogP contribution is -2.28. The van der Waals surface area contributed by atoms with Crippen LogP contribution in [0.15, 0.2) is 54.7 Å². The first-order valence-corrected chi connectivity index (χ1v) is 6.58. The van der Waals surface area contributed by atoms with Gasteiger partial charge in [0.1, 0.15) is 5.82 Å². The number of nitrogens with zero attached hydrogens (tertiary/aromatic N) is 3. The Kier molecular flexibility index (Phi) is 2.49. The maximum atomic E-state index is 12.4. The van der Waals surface area contributed by atoms with Crippen LogP contribution < -0.4 is 4.90 Å². The highest BCUT2D eigenvalue weighted by Gasteiger charge is 2.36. The molecule has 0 radical (unpaired) electrons. The average molecular weight is 277 g/mol. The molecule has 3 aromatic rings. The molecule has 1 aromatic carbocycles. The van der Waals surface area contributed by atoms with Gasteiger partial charge in [0.05, 0.1) is 0 Å². The van der Waals surface area contributed by atoms with E-state index in [4.69, 9.17) is 0 Å². The number of anilines is 1. The third kappa shape index (κ3) is 1.71. The quantitative estimate of drug-likeness (QED) is 0.741. The van der Waals surface area contributed by atoms with Crippen LogP contribution in [0.3, 0.4) is 0 Å². The summed E-state index contributed by atoms with van der Waals surface area (Å²) in [5.74, 6) is 0.149. The zero-order chi connectivity index (χ0) is 14.4. The van der Waals surface area contributed by atoms with Crippen LogP contribution in [0, 0.1) is 0 Å². The minimum atomic E-state index is -1.01. The van der Waals surface area contributed by atoms with Gasteiger partial charge in [-0.3, -0.25) is 9.69 Å². The molecule has 0 aliphatic carbocycles. The molecule has 5 nitrogen and oxygen atoms in total. The molecular formula is C16H11N3O2. The highest BCUT2D eigenvalue weighted by molar-refractivity contribution is 6.10. The number of carbonyl (C=O) groups is 1. The monoisotopic (exact) mass is 277 g/mol. The number of carbonyl (C=O) groups excluding carboxylic acids is 1. The van der Waals surface area contributed by atoms with Gasteiger partial charge in [-0.05, 0) is 30.3 Å². The van der Waals surface area contributed by atoms with Crippen molar-refractivity contribution in [3.8, 4) is 0 Å². The van der Waals surface area contributed by atoms with Crippen molar-refractivity contribution >= 4 is 22.8 Å². The normalized spacial score (nSPS) is 17.3. The Bertz CT molecular complexity index is 863. The first-order valence-electron chi connectivity index (χ1n) is 6.58. The van der Waals surface area contributed by atoms with Crippen molar-refractivity contribution in [2.45, 2.75) is 6.23 Å². The number of amides is 1. The smallest absolute Gasteiger partial charge is 0.262 e. The molecule has 0 spiro atoms. The predicted octanol–water partition coefficient (Wildman–Crippen LogP) is 2.28. The summed E-state index contributed by atoms with van der Waals surface area (Å²) in [5, 5.41) is 11.3. The maximum absolute atomic E-state index is 12.4. The topological polar surface area (TPSA) is 66.3 Å². The maximum Gasteiger partial charge on any atom is 0.262 e. The molecule has 1 N–H and O–H groups in total. The number of pyridine rings is 2. The molecule has 0 saturated carbocycles.